The van der Waals surface area contributed by atoms with Gasteiger partial charge in [-0.15, -0.1) is 0 Å². The molecular weight excluding hydrogens is 258 g/mol. The number of primary amides is 1. The van der Waals surface area contributed by atoms with Crippen LogP contribution in [0.15, 0.2) is 6.07 Å². The van der Waals surface area contributed by atoms with Crippen LogP contribution in [0.3, 0.4) is 0 Å². The number of anilines is 1. The maximum Gasteiger partial charge on any atom is 0.328 e. The van der Waals surface area contributed by atoms with Gasteiger partial charge < -0.3 is 15.8 Å². The molecule has 0 aliphatic rings. The molecule has 1 rings (SSSR count). The van der Waals surface area contributed by atoms with Gasteiger partial charge in [-0.05, 0) is 25.8 Å². The molecule has 20 heavy (non-hydrogen) atoms. The van der Waals surface area contributed by atoms with E-state index in [-0.39, 0.29) is 11.9 Å². The average molecular weight is 279 g/mol. The molecule has 3 N–H and O–H groups in total. The number of aryl methyl sites for hydroxylation is 2. The minimum absolute atomic E-state index is 0.00282. The molecule has 6 heteroatoms. The van der Waals surface area contributed by atoms with Gasteiger partial charge >= 0.3 is 5.97 Å². The summed E-state index contributed by atoms with van der Waals surface area (Å²) in [5, 5.41) is 3.05. The number of rotatable bonds is 5. The molecule has 1 amide bonds. The number of carbonyl (C=O) groups excluding carboxylic acids is 2. The summed E-state index contributed by atoms with van der Waals surface area (Å²) in [7, 11) is 1.33. The van der Waals surface area contributed by atoms with Crippen LogP contribution in [0.1, 0.15) is 35.6 Å². The first-order valence-corrected chi connectivity index (χ1v) is 6.40. The number of carbonyl (C=O) groups is 2. The van der Waals surface area contributed by atoms with Gasteiger partial charge in [0.1, 0.15) is 6.04 Å². The van der Waals surface area contributed by atoms with E-state index in [1.165, 1.54) is 7.11 Å². The smallest absolute Gasteiger partial charge is 0.328 e. The van der Waals surface area contributed by atoms with E-state index in [4.69, 9.17) is 10.5 Å². The van der Waals surface area contributed by atoms with Gasteiger partial charge in [0.05, 0.1) is 24.1 Å². The van der Waals surface area contributed by atoms with E-state index in [2.05, 4.69) is 10.3 Å². The van der Waals surface area contributed by atoms with E-state index >= 15 is 0 Å². The number of hydrogen-bond donors (Lipinski definition) is 2. The first kappa shape index (κ1) is 15.9. The Hall–Kier alpha value is -2.11. The van der Waals surface area contributed by atoms with Crippen molar-refractivity contribution in [3.05, 3.63) is 23.0 Å². The summed E-state index contributed by atoms with van der Waals surface area (Å²) >= 11 is 0. The van der Waals surface area contributed by atoms with Crippen LogP contribution in [0.25, 0.3) is 0 Å². The Kier molecular flexibility index (Phi) is 5.07. The number of aromatic nitrogens is 1. The Morgan fingerprint density at radius 1 is 1.35 bits per heavy atom. The second kappa shape index (κ2) is 6.36. The first-order chi connectivity index (χ1) is 9.27. The van der Waals surface area contributed by atoms with Crippen molar-refractivity contribution in [1.82, 2.24) is 4.98 Å². The van der Waals surface area contributed by atoms with Crippen LogP contribution in [-0.2, 0) is 9.53 Å². The van der Waals surface area contributed by atoms with E-state index in [0.29, 0.717) is 16.9 Å². The number of ether oxygens (including phenoxy) is 1. The zero-order valence-corrected chi connectivity index (χ0v) is 12.5. The topological polar surface area (TPSA) is 94.3 Å². The highest BCUT2D eigenvalue weighted by Crippen LogP contribution is 2.22. The highest BCUT2D eigenvalue weighted by molar-refractivity contribution is 6.00. The molecule has 0 aliphatic carbocycles. The predicted octanol–water partition coefficient (Wildman–Crippen LogP) is 1.41. The molecule has 0 fully saturated rings. The largest absolute Gasteiger partial charge is 0.467 e. The molecule has 0 bridgehead atoms. The van der Waals surface area contributed by atoms with Crippen LogP contribution < -0.4 is 11.1 Å². The fraction of sp³-hybridized carbons (Fsp3) is 0.500. The van der Waals surface area contributed by atoms with Gasteiger partial charge in [0, 0.05) is 5.69 Å². The summed E-state index contributed by atoms with van der Waals surface area (Å²) in [6, 6.07) is 1.14. The number of nitrogens with two attached hydrogens (primary N) is 1. The van der Waals surface area contributed by atoms with Crippen molar-refractivity contribution in [3.63, 3.8) is 0 Å². The molecule has 1 aromatic heterocycles. The maximum absolute atomic E-state index is 11.8. The zero-order chi connectivity index (χ0) is 15.4. The number of methoxy groups -OCH3 is 1. The third kappa shape index (κ3) is 3.46. The summed E-state index contributed by atoms with van der Waals surface area (Å²) in [5.74, 6) is -0.968. The van der Waals surface area contributed by atoms with Crippen molar-refractivity contribution < 1.29 is 14.3 Å². The number of hydrogen-bond acceptors (Lipinski definition) is 5. The molecule has 0 saturated carbocycles. The van der Waals surface area contributed by atoms with Crippen molar-refractivity contribution in [3.8, 4) is 0 Å². The number of nitrogens with one attached hydrogen (secondary N) is 1. The molecule has 110 valence electrons. The van der Waals surface area contributed by atoms with Crippen LogP contribution in [-0.4, -0.2) is 30.0 Å². The molecule has 1 unspecified atom stereocenters. The standard InChI is InChI=1S/C14H21N3O3/c1-7(2)12(14(19)20-5)17-10-6-8(3)16-9(4)11(10)13(15)18/h6-7,12H,1-5H3,(H2,15,18)(H,16,17). The Morgan fingerprint density at radius 2 is 1.95 bits per heavy atom. The van der Waals surface area contributed by atoms with Gasteiger partial charge in [-0.3, -0.25) is 9.78 Å². The van der Waals surface area contributed by atoms with E-state index in [1.54, 1.807) is 13.0 Å². The molecule has 1 heterocycles. The summed E-state index contributed by atoms with van der Waals surface area (Å²) in [4.78, 5) is 27.6. The van der Waals surface area contributed by atoms with Gasteiger partial charge in [0.25, 0.3) is 5.91 Å². The number of pyridine rings is 1. The summed E-state index contributed by atoms with van der Waals surface area (Å²) in [6.07, 6.45) is 0. The zero-order valence-electron chi connectivity index (χ0n) is 12.5. The molecule has 0 saturated heterocycles. The molecular formula is C14H21N3O3. The number of nitrogens with zero attached hydrogens (tertiary/aromatic N) is 1. The minimum atomic E-state index is -0.579. The summed E-state index contributed by atoms with van der Waals surface area (Å²) in [5.41, 5.74) is 7.47. The monoisotopic (exact) mass is 279 g/mol. The number of esters is 1. The van der Waals surface area contributed by atoms with Gasteiger partial charge in [-0.25, -0.2) is 4.79 Å². The average Bonchev–Trinajstić information content (AvgIpc) is 2.33. The van der Waals surface area contributed by atoms with Crippen molar-refractivity contribution in [1.29, 1.82) is 0 Å². The predicted molar refractivity (Wildman–Crippen MR) is 76.5 cm³/mol. The Balaban J connectivity index is 3.24. The Labute approximate surface area is 118 Å². The van der Waals surface area contributed by atoms with Crippen molar-refractivity contribution in [2.75, 3.05) is 12.4 Å². The van der Waals surface area contributed by atoms with Crippen molar-refractivity contribution >= 4 is 17.6 Å². The lowest BCUT2D eigenvalue weighted by molar-refractivity contribution is -0.142. The van der Waals surface area contributed by atoms with E-state index in [9.17, 15) is 9.59 Å². The summed E-state index contributed by atoms with van der Waals surface area (Å²) < 4.78 is 4.77. The molecule has 1 aromatic rings. The van der Waals surface area contributed by atoms with Crippen molar-refractivity contribution in [2.45, 2.75) is 33.7 Å². The molecule has 1 atom stereocenters. The minimum Gasteiger partial charge on any atom is -0.467 e. The third-order valence-corrected chi connectivity index (χ3v) is 3.01. The first-order valence-electron chi connectivity index (χ1n) is 6.40. The van der Waals surface area contributed by atoms with Gasteiger partial charge in [0.2, 0.25) is 0 Å². The molecule has 0 aromatic carbocycles. The van der Waals surface area contributed by atoms with Crippen LogP contribution >= 0.6 is 0 Å². The van der Waals surface area contributed by atoms with Gasteiger partial charge in [0.15, 0.2) is 0 Å². The second-order valence-corrected chi connectivity index (χ2v) is 5.03. The van der Waals surface area contributed by atoms with E-state index < -0.39 is 11.9 Å². The molecule has 0 spiro atoms. The SMILES string of the molecule is COC(=O)C(Nc1cc(C)nc(C)c1C(N)=O)C(C)C. The molecule has 6 nitrogen and oxygen atoms in total. The lowest BCUT2D eigenvalue weighted by Gasteiger charge is -2.22. The van der Waals surface area contributed by atoms with Crippen LogP contribution in [0.2, 0.25) is 0 Å². The van der Waals surface area contributed by atoms with Crippen LogP contribution in [0.4, 0.5) is 5.69 Å². The fourth-order valence-corrected chi connectivity index (χ4v) is 2.05. The maximum atomic E-state index is 11.8. The lowest BCUT2D eigenvalue weighted by Crippen LogP contribution is -2.36. The van der Waals surface area contributed by atoms with Gasteiger partial charge in [-0.1, -0.05) is 13.8 Å². The second-order valence-electron chi connectivity index (χ2n) is 5.03. The van der Waals surface area contributed by atoms with Gasteiger partial charge in [-0.2, -0.15) is 0 Å². The highest BCUT2D eigenvalue weighted by atomic mass is 16.5. The molecule has 0 aliphatic heterocycles. The number of amides is 1. The normalized spacial score (nSPS) is 12.1. The van der Waals surface area contributed by atoms with E-state index in [1.807, 2.05) is 20.8 Å². The Bertz CT molecular complexity index is 527. The fourth-order valence-electron chi connectivity index (χ4n) is 2.05. The third-order valence-electron chi connectivity index (χ3n) is 3.01. The van der Waals surface area contributed by atoms with E-state index in [0.717, 1.165) is 5.69 Å². The van der Waals surface area contributed by atoms with Crippen molar-refractivity contribution in [2.24, 2.45) is 11.7 Å². The Morgan fingerprint density at radius 3 is 2.40 bits per heavy atom. The van der Waals surface area contributed by atoms with Crippen LogP contribution in [0.5, 0.6) is 0 Å². The lowest BCUT2D eigenvalue weighted by atomic mass is 10.0. The quantitative estimate of drug-likeness (QED) is 0.795. The summed E-state index contributed by atoms with van der Waals surface area (Å²) in [6.45, 7) is 7.30. The molecule has 0 radical (unpaired) electrons. The van der Waals surface area contributed by atoms with Crippen LogP contribution in [0, 0.1) is 19.8 Å². The highest BCUT2D eigenvalue weighted by Gasteiger charge is 2.25.